The van der Waals surface area contributed by atoms with Crippen LogP contribution in [0.5, 0.6) is 0 Å². The van der Waals surface area contributed by atoms with Crippen LogP contribution in [-0.4, -0.2) is 11.1 Å². The number of rotatable bonds is 4. The summed E-state index contributed by atoms with van der Waals surface area (Å²) in [4.78, 5) is 11.6. The van der Waals surface area contributed by atoms with Crippen LogP contribution in [0.1, 0.15) is 51.4 Å². The average molecular weight is 247 g/mol. The first-order chi connectivity index (χ1) is 8.63. The fourth-order valence-electron chi connectivity index (χ4n) is 5.50. The molecule has 1 unspecified atom stereocenters. The summed E-state index contributed by atoms with van der Waals surface area (Å²) in [6, 6.07) is 2.12. The number of carbonyl (C=O) groups is 1. The summed E-state index contributed by atoms with van der Waals surface area (Å²) in [5.74, 6) is 1.40. The molecule has 4 rings (SSSR count). The monoisotopic (exact) mass is 247 g/mol. The molecule has 4 bridgehead atoms. The Morgan fingerprint density at radius 2 is 1.72 bits per heavy atom. The van der Waals surface area contributed by atoms with Crippen LogP contribution in [-0.2, 0) is 4.79 Å². The van der Waals surface area contributed by atoms with E-state index in [1.54, 1.807) is 0 Å². The highest BCUT2D eigenvalue weighted by Gasteiger charge is 2.55. The Morgan fingerprint density at radius 3 is 2.11 bits per heavy atom. The molecule has 1 N–H and O–H groups in total. The Morgan fingerprint density at radius 1 is 1.22 bits per heavy atom. The third kappa shape index (κ3) is 1.83. The van der Waals surface area contributed by atoms with Crippen LogP contribution in [0.2, 0.25) is 0 Å². The van der Waals surface area contributed by atoms with Crippen molar-refractivity contribution in [1.82, 2.24) is 0 Å². The number of aliphatic carboxylic acids is 1. The van der Waals surface area contributed by atoms with Crippen LogP contribution in [0, 0.1) is 40.4 Å². The highest BCUT2D eigenvalue weighted by molar-refractivity contribution is 5.71. The lowest BCUT2D eigenvalue weighted by Crippen LogP contribution is -2.51. The molecule has 98 valence electrons. The third-order valence-corrected chi connectivity index (χ3v) is 5.67. The number of hydrogen-bond donors (Lipinski definition) is 1. The third-order valence-electron chi connectivity index (χ3n) is 5.67. The minimum absolute atomic E-state index is 0.0391. The molecule has 4 aliphatic rings. The number of carboxylic acids is 1. The van der Waals surface area contributed by atoms with Crippen LogP contribution in [0.25, 0.3) is 0 Å². The van der Waals surface area contributed by atoms with E-state index >= 15 is 0 Å². The molecule has 4 fully saturated rings. The molecule has 0 aromatic rings. The lowest BCUT2D eigenvalue weighted by Gasteiger charge is -2.58. The van der Waals surface area contributed by atoms with E-state index in [-0.39, 0.29) is 11.3 Å². The minimum atomic E-state index is -0.660. The SMILES string of the molecule is N#CCCC(C(=O)O)C12CC3CC(CC(C3)C1)C2. The number of nitrogens with zero attached hydrogens (tertiary/aromatic N) is 1. The van der Waals surface area contributed by atoms with Gasteiger partial charge in [0.25, 0.3) is 0 Å². The quantitative estimate of drug-likeness (QED) is 0.829. The van der Waals surface area contributed by atoms with E-state index in [2.05, 4.69) is 6.07 Å². The van der Waals surface area contributed by atoms with Crippen molar-refractivity contribution in [3.05, 3.63) is 0 Å². The molecule has 0 spiro atoms. The van der Waals surface area contributed by atoms with Gasteiger partial charge < -0.3 is 5.11 Å². The molecular formula is C15H21NO2. The lowest BCUT2D eigenvalue weighted by molar-refractivity contribution is -0.158. The first-order valence-electron chi connectivity index (χ1n) is 7.23. The van der Waals surface area contributed by atoms with Crippen molar-refractivity contribution in [1.29, 1.82) is 5.26 Å². The zero-order valence-electron chi connectivity index (χ0n) is 10.8. The van der Waals surface area contributed by atoms with Gasteiger partial charge in [-0.25, -0.2) is 0 Å². The molecule has 4 aliphatic carbocycles. The summed E-state index contributed by atoms with van der Waals surface area (Å²) in [7, 11) is 0. The molecule has 0 aromatic heterocycles. The highest BCUT2D eigenvalue weighted by Crippen LogP contribution is 2.63. The Hall–Kier alpha value is -1.04. The van der Waals surface area contributed by atoms with Gasteiger partial charge in [-0.15, -0.1) is 0 Å². The van der Waals surface area contributed by atoms with Crippen molar-refractivity contribution in [3.8, 4) is 6.07 Å². The minimum Gasteiger partial charge on any atom is -0.481 e. The lowest BCUT2D eigenvalue weighted by atomic mass is 9.46. The Balaban J connectivity index is 1.84. The van der Waals surface area contributed by atoms with Crippen LogP contribution in [0.4, 0.5) is 0 Å². The molecule has 0 aliphatic heterocycles. The molecule has 0 heterocycles. The fourth-order valence-corrected chi connectivity index (χ4v) is 5.50. The van der Waals surface area contributed by atoms with Gasteiger partial charge >= 0.3 is 5.97 Å². The number of hydrogen-bond acceptors (Lipinski definition) is 2. The maximum absolute atomic E-state index is 11.6. The largest absolute Gasteiger partial charge is 0.481 e. The van der Waals surface area contributed by atoms with Crippen molar-refractivity contribution >= 4 is 5.97 Å². The van der Waals surface area contributed by atoms with Gasteiger partial charge in [0.1, 0.15) is 0 Å². The standard InChI is InChI=1S/C15H21NO2/c16-3-1-2-13(14(17)18)15-7-10-4-11(8-15)6-12(5-10)9-15/h10-13H,1-2,4-9H2,(H,17,18). The maximum Gasteiger partial charge on any atom is 0.307 e. The van der Waals surface area contributed by atoms with Crippen LogP contribution >= 0.6 is 0 Å². The Labute approximate surface area is 108 Å². The predicted molar refractivity (Wildman–Crippen MR) is 66.6 cm³/mol. The molecule has 3 heteroatoms. The van der Waals surface area contributed by atoms with Gasteiger partial charge in [0, 0.05) is 6.42 Å². The first kappa shape index (κ1) is 12.0. The molecule has 0 radical (unpaired) electrons. The summed E-state index contributed by atoms with van der Waals surface area (Å²) in [5.41, 5.74) is 0.0391. The topological polar surface area (TPSA) is 61.1 Å². The van der Waals surface area contributed by atoms with Crippen molar-refractivity contribution in [2.75, 3.05) is 0 Å². The van der Waals surface area contributed by atoms with E-state index in [1.165, 1.54) is 19.3 Å². The zero-order valence-corrected chi connectivity index (χ0v) is 10.8. The van der Waals surface area contributed by atoms with Gasteiger partial charge in [0.05, 0.1) is 12.0 Å². The number of carboxylic acid groups (broad SMARTS) is 1. The molecule has 4 saturated carbocycles. The Kier molecular flexibility index (Phi) is 2.84. The van der Waals surface area contributed by atoms with Crippen LogP contribution in [0.3, 0.4) is 0 Å². The summed E-state index contributed by atoms with van der Waals surface area (Å²) < 4.78 is 0. The average Bonchev–Trinajstić information content (AvgIpc) is 2.26. The summed E-state index contributed by atoms with van der Waals surface area (Å²) in [5, 5.41) is 18.3. The summed E-state index contributed by atoms with van der Waals surface area (Å²) in [6.07, 6.45) is 8.29. The van der Waals surface area contributed by atoms with E-state index < -0.39 is 5.97 Å². The zero-order chi connectivity index (χ0) is 12.8. The summed E-state index contributed by atoms with van der Waals surface area (Å²) >= 11 is 0. The molecule has 0 aromatic carbocycles. The van der Waals surface area contributed by atoms with E-state index in [0.717, 1.165) is 37.0 Å². The van der Waals surface area contributed by atoms with Gasteiger partial charge in [-0.1, -0.05) is 0 Å². The van der Waals surface area contributed by atoms with Gasteiger partial charge in [0.2, 0.25) is 0 Å². The number of nitriles is 1. The van der Waals surface area contributed by atoms with Crippen molar-refractivity contribution in [2.45, 2.75) is 51.4 Å². The molecule has 1 atom stereocenters. The van der Waals surface area contributed by atoms with E-state index in [9.17, 15) is 9.90 Å². The van der Waals surface area contributed by atoms with E-state index in [4.69, 9.17) is 5.26 Å². The summed E-state index contributed by atoms with van der Waals surface area (Å²) in [6.45, 7) is 0. The first-order valence-corrected chi connectivity index (χ1v) is 7.23. The van der Waals surface area contributed by atoms with E-state index in [1.807, 2.05) is 0 Å². The van der Waals surface area contributed by atoms with Crippen LogP contribution in [0.15, 0.2) is 0 Å². The molecular weight excluding hydrogens is 226 g/mol. The maximum atomic E-state index is 11.6. The smallest absolute Gasteiger partial charge is 0.307 e. The van der Waals surface area contributed by atoms with Crippen molar-refractivity contribution < 1.29 is 9.90 Å². The van der Waals surface area contributed by atoms with Gasteiger partial charge in [-0.2, -0.15) is 5.26 Å². The molecule has 3 nitrogen and oxygen atoms in total. The molecule has 0 saturated heterocycles. The van der Waals surface area contributed by atoms with Gasteiger partial charge in [-0.05, 0) is 68.1 Å². The Bertz CT molecular complexity index is 361. The normalized spacial score (nSPS) is 42.5. The molecule has 18 heavy (non-hydrogen) atoms. The van der Waals surface area contributed by atoms with Crippen molar-refractivity contribution in [3.63, 3.8) is 0 Å². The van der Waals surface area contributed by atoms with Gasteiger partial charge in [-0.3, -0.25) is 4.79 Å². The fraction of sp³-hybridized carbons (Fsp3) is 0.867. The van der Waals surface area contributed by atoms with E-state index in [0.29, 0.717) is 12.8 Å². The second-order valence-corrected chi connectivity index (χ2v) is 6.87. The second-order valence-electron chi connectivity index (χ2n) is 6.87. The predicted octanol–water partition coefficient (Wildman–Crippen LogP) is 3.21. The van der Waals surface area contributed by atoms with Gasteiger partial charge in [0.15, 0.2) is 0 Å². The van der Waals surface area contributed by atoms with Crippen LogP contribution < -0.4 is 0 Å². The van der Waals surface area contributed by atoms with Crippen molar-refractivity contribution in [2.24, 2.45) is 29.1 Å². The molecule has 0 amide bonds. The highest BCUT2D eigenvalue weighted by atomic mass is 16.4. The second kappa shape index (κ2) is 4.26.